The summed E-state index contributed by atoms with van der Waals surface area (Å²) < 4.78 is 35.5. The molecule has 0 aromatic rings. The molecular formula is C9H18F3NS. The lowest BCUT2D eigenvalue weighted by atomic mass is 9.86. The molecule has 1 nitrogen and oxygen atoms in total. The van der Waals surface area contributed by atoms with Gasteiger partial charge in [-0.3, -0.25) is 0 Å². The lowest BCUT2D eigenvalue weighted by molar-refractivity contribution is -0.0328. The molecule has 14 heavy (non-hydrogen) atoms. The van der Waals surface area contributed by atoms with Crippen LogP contribution in [0.4, 0.5) is 13.2 Å². The maximum absolute atomic E-state index is 11.8. The fraction of sp³-hybridized carbons (Fsp3) is 1.00. The lowest BCUT2D eigenvalue weighted by Gasteiger charge is -2.24. The van der Waals surface area contributed by atoms with E-state index in [-0.39, 0.29) is 22.9 Å². The Balaban J connectivity index is 3.65. The monoisotopic (exact) mass is 229 g/mol. The van der Waals surface area contributed by atoms with Crippen LogP contribution in [0.3, 0.4) is 0 Å². The largest absolute Gasteiger partial charge is 0.441 e. The molecule has 86 valence electrons. The quantitative estimate of drug-likeness (QED) is 0.750. The van der Waals surface area contributed by atoms with E-state index in [1.165, 1.54) is 0 Å². The Morgan fingerprint density at radius 3 is 2.14 bits per heavy atom. The highest BCUT2D eigenvalue weighted by molar-refractivity contribution is 8.00. The highest BCUT2D eigenvalue weighted by atomic mass is 32.2. The highest BCUT2D eigenvalue weighted by Crippen LogP contribution is 2.34. The number of alkyl halides is 3. The zero-order chi connectivity index (χ0) is 11.2. The van der Waals surface area contributed by atoms with Crippen LogP contribution in [0.2, 0.25) is 0 Å². The molecule has 0 aliphatic heterocycles. The number of thioether (sulfide) groups is 1. The summed E-state index contributed by atoms with van der Waals surface area (Å²) >= 11 is 0.0735. The Hall–Kier alpha value is 0.100. The van der Waals surface area contributed by atoms with Crippen LogP contribution < -0.4 is 5.32 Å². The molecule has 0 rings (SSSR count). The molecule has 0 saturated carbocycles. The Bertz CT molecular complexity index is 157. The first-order valence-electron chi connectivity index (χ1n) is 4.62. The van der Waals surface area contributed by atoms with Crippen molar-refractivity contribution in [3.05, 3.63) is 0 Å². The predicted octanol–water partition coefficient (Wildman–Crippen LogP) is 3.27. The van der Waals surface area contributed by atoms with E-state index in [4.69, 9.17) is 0 Å². The standard InChI is InChI=1S/C9H18F3NS/c1-8(2,4-6-13-3)5-7-14-9(10,11)12/h13H,4-7H2,1-3H3. The van der Waals surface area contributed by atoms with E-state index in [0.29, 0.717) is 6.42 Å². The average Bonchev–Trinajstić information content (AvgIpc) is 1.98. The minimum absolute atomic E-state index is 0.0126. The highest BCUT2D eigenvalue weighted by Gasteiger charge is 2.29. The summed E-state index contributed by atoms with van der Waals surface area (Å²) in [6.45, 7) is 4.85. The number of rotatable bonds is 6. The second-order valence-corrected chi connectivity index (χ2v) is 5.22. The molecule has 0 aliphatic rings. The second kappa shape index (κ2) is 5.85. The van der Waals surface area contributed by atoms with Crippen LogP contribution in [-0.2, 0) is 0 Å². The van der Waals surface area contributed by atoms with E-state index in [1.807, 2.05) is 20.9 Å². The van der Waals surface area contributed by atoms with Crippen molar-refractivity contribution in [2.24, 2.45) is 5.41 Å². The van der Waals surface area contributed by atoms with E-state index < -0.39 is 5.51 Å². The number of nitrogens with one attached hydrogen (secondary N) is 1. The first-order chi connectivity index (χ1) is 6.27. The van der Waals surface area contributed by atoms with Crippen molar-refractivity contribution in [1.29, 1.82) is 0 Å². The van der Waals surface area contributed by atoms with Gasteiger partial charge in [0.1, 0.15) is 0 Å². The summed E-state index contributed by atoms with van der Waals surface area (Å²) in [6.07, 6.45) is 1.50. The molecule has 0 radical (unpaired) electrons. The van der Waals surface area contributed by atoms with E-state index in [2.05, 4.69) is 5.32 Å². The van der Waals surface area contributed by atoms with Crippen molar-refractivity contribution < 1.29 is 13.2 Å². The lowest BCUT2D eigenvalue weighted by Crippen LogP contribution is -2.20. The van der Waals surface area contributed by atoms with Crippen molar-refractivity contribution in [2.75, 3.05) is 19.3 Å². The van der Waals surface area contributed by atoms with Crippen LogP contribution in [0.1, 0.15) is 26.7 Å². The normalized spacial score (nSPS) is 13.3. The molecular weight excluding hydrogens is 211 g/mol. The summed E-state index contributed by atoms with van der Waals surface area (Å²) in [5.41, 5.74) is -4.10. The van der Waals surface area contributed by atoms with Crippen LogP contribution in [-0.4, -0.2) is 24.9 Å². The van der Waals surface area contributed by atoms with Crippen molar-refractivity contribution in [2.45, 2.75) is 32.2 Å². The smallest absolute Gasteiger partial charge is 0.320 e. The van der Waals surface area contributed by atoms with Crippen molar-refractivity contribution >= 4 is 11.8 Å². The van der Waals surface area contributed by atoms with Crippen LogP contribution >= 0.6 is 11.8 Å². The molecule has 0 spiro atoms. The molecule has 0 saturated heterocycles. The predicted molar refractivity (Wildman–Crippen MR) is 55.5 cm³/mol. The maximum atomic E-state index is 11.8. The Kier molecular flexibility index (Phi) is 5.90. The van der Waals surface area contributed by atoms with Gasteiger partial charge in [-0.15, -0.1) is 0 Å². The molecule has 0 aromatic heterocycles. The molecule has 1 N–H and O–H groups in total. The zero-order valence-electron chi connectivity index (χ0n) is 8.87. The maximum Gasteiger partial charge on any atom is 0.441 e. The average molecular weight is 229 g/mol. The van der Waals surface area contributed by atoms with Crippen molar-refractivity contribution in [3.8, 4) is 0 Å². The van der Waals surface area contributed by atoms with Gasteiger partial charge >= 0.3 is 5.51 Å². The fourth-order valence-corrected chi connectivity index (χ4v) is 1.92. The van der Waals surface area contributed by atoms with Gasteiger partial charge in [-0.25, -0.2) is 0 Å². The van der Waals surface area contributed by atoms with E-state index in [9.17, 15) is 13.2 Å². The van der Waals surface area contributed by atoms with Gasteiger partial charge in [-0.05, 0) is 31.8 Å². The van der Waals surface area contributed by atoms with Crippen LogP contribution in [0.15, 0.2) is 0 Å². The number of halogens is 3. The van der Waals surface area contributed by atoms with Gasteiger partial charge in [0.25, 0.3) is 0 Å². The number of hydrogen-bond donors (Lipinski definition) is 1. The summed E-state index contributed by atoms with van der Waals surface area (Å²) in [5, 5.41) is 3.00. The third kappa shape index (κ3) is 8.69. The molecule has 5 heteroatoms. The third-order valence-electron chi connectivity index (χ3n) is 2.10. The molecule has 0 bridgehead atoms. The molecule has 0 fully saturated rings. The van der Waals surface area contributed by atoms with Gasteiger partial charge < -0.3 is 5.32 Å². The Morgan fingerprint density at radius 1 is 1.14 bits per heavy atom. The van der Waals surface area contributed by atoms with Gasteiger partial charge in [-0.1, -0.05) is 25.6 Å². The van der Waals surface area contributed by atoms with Gasteiger partial charge in [0.15, 0.2) is 0 Å². The molecule has 0 amide bonds. The summed E-state index contributed by atoms with van der Waals surface area (Å²) in [4.78, 5) is 0. The summed E-state index contributed by atoms with van der Waals surface area (Å²) in [6, 6.07) is 0. The minimum atomic E-state index is -4.08. The first-order valence-corrected chi connectivity index (χ1v) is 5.61. The second-order valence-electron chi connectivity index (χ2n) is 4.06. The van der Waals surface area contributed by atoms with E-state index >= 15 is 0 Å². The summed E-state index contributed by atoms with van der Waals surface area (Å²) in [5.74, 6) is 0.153. The van der Waals surface area contributed by atoms with E-state index in [0.717, 1.165) is 13.0 Å². The van der Waals surface area contributed by atoms with Crippen LogP contribution in [0.5, 0.6) is 0 Å². The van der Waals surface area contributed by atoms with Gasteiger partial charge in [0.05, 0.1) is 0 Å². The van der Waals surface area contributed by atoms with Gasteiger partial charge in [0.2, 0.25) is 0 Å². The van der Waals surface area contributed by atoms with Crippen molar-refractivity contribution in [3.63, 3.8) is 0 Å². The fourth-order valence-electron chi connectivity index (χ4n) is 1.03. The molecule has 0 unspecified atom stereocenters. The molecule has 0 aromatic carbocycles. The number of hydrogen-bond acceptors (Lipinski definition) is 2. The topological polar surface area (TPSA) is 12.0 Å². The van der Waals surface area contributed by atoms with E-state index in [1.54, 1.807) is 0 Å². The minimum Gasteiger partial charge on any atom is -0.320 e. The van der Waals surface area contributed by atoms with Gasteiger partial charge in [-0.2, -0.15) is 13.2 Å². The molecule has 0 atom stereocenters. The SMILES string of the molecule is CNCCC(C)(C)CCSC(F)(F)F. The zero-order valence-corrected chi connectivity index (χ0v) is 9.69. The van der Waals surface area contributed by atoms with Crippen molar-refractivity contribution in [1.82, 2.24) is 5.32 Å². The van der Waals surface area contributed by atoms with Gasteiger partial charge in [0, 0.05) is 5.75 Å². The Labute approximate surface area is 87.8 Å². The summed E-state index contributed by atoms with van der Waals surface area (Å²) in [7, 11) is 1.85. The third-order valence-corrected chi connectivity index (χ3v) is 2.83. The Morgan fingerprint density at radius 2 is 1.71 bits per heavy atom. The molecule has 0 aliphatic carbocycles. The first kappa shape index (κ1) is 14.1. The molecule has 0 heterocycles. The van der Waals surface area contributed by atoms with Crippen LogP contribution in [0.25, 0.3) is 0 Å². The van der Waals surface area contributed by atoms with Crippen LogP contribution in [0, 0.1) is 5.41 Å².